The number of hydrogen-bond acceptors (Lipinski definition) is 2. The molecule has 1 amide bonds. The number of nitrogens with one attached hydrogen (secondary N) is 2. The highest BCUT2D eigenvalue weighted by atomic mass is 16.2. The third-order valence-electron chi connectivity index (χ3n) is 3.43. The average molecular weight is 280 g/mol. The molecule has 0 aliphatic carbocycles. The molecule has 0 radical (unpaired) electrons. The third-order valence-corrected chi connectivity index (χ3v) is 3.43. The average Bonchev–Trinajstić information content (AvgIpc) is 2.56. The molecule has 2 aromatic carbocycles. The Morgan fingerprint density at radius 2 is 1.62 bits per heavy atom. The van der Waals surface area contributed by atoms with Crippen molar-refractivity contribution in [3.05, 3.63) is 84.4 Å². The number of carbonyl (C=O) groups excluding carboxylic acids is 1. The van der Waals surface area contributed by atoms with E-state index in [9.17, 15) is 4.79 Å². The molecule has 0 spiro atoms. The van der Waals surface area contributed by atoms with Crippen molar-refractivity contribution in [3.8, 4) is 0 Å². The Kier molecular flexibility index (Phi) is 5.29. The zero-order chi connectivity index (χ0) is 15.1. The van der Waals surface area contributed by atoms with Crippen LogP contribution in [0.5, 0.6) is 0 Å². The van der Waals surface area contributed by atoms with Gasteiger partial charge in [-0.2, -0.15) is 0 Å². The SMILES string of the molecule is C=C[C@H](C)[C@@H](NNC(=O)c1ccccc1)c1ccccc1. The highest BCUT2D eigenvalue weighted by molar-refractivity contribution is 5.93. The van der Waals surface area contributed by atoms with Crippen LogP contribution in [0, 0.1) is 5.92 Å². The van der Waals surface area contributed by atoms with Crippen LogP contribution in [0.2, 0.25) is 0 Å². The summed E-state index contributed by atoms with van der Waals surface area (Å²) in [7, 11) is 0. The number of amides is 1. The maximum Gasteiger partial charge on any atom is 0.265 e. The number of carbonyl (C=O) groups is 1. The molecule has 0 saturated carbocycles. The fourth-order valence-electron chi connectivity index (χ4n) is 2.12. The minimum absolute atomic E-state index is 0.0173. The van der Waals surface area contributed by atoms with E-state index in [1.54, 1.807) is 12.1 Å². The summed E-state index contributed by atoms with van der Waals surface area (Å²) in [6.45, 7) is 5.90. The van der Waals surface area contributed by atoms with Crippen molar-refractivity contribution in [1.82, 2.24) is 10.9 Å². The van der Waals surface area contributed by atoms with Gasteiger partial charge in [0.1, 0.15) is 0 Å². The van der Waals surface area contributed by atoms with Gasteiger partial charge in [-0.15, -0.1) is 6.58 Å². The molecule has 3 heteroatoms. The second-order valence-corrected chi connectivity index (χ2v) is 4.95. The molecule has 0 unspecified atom stereocenters. The predicted molar refractivity (Wildman–Crippen MR) is 85.6 cm³/mol. The molecule has 0 fully saturated rings. The number of benzene rings is 2. The fourth-order valence-corrected chi connectivity index (χ4v) is 2.12. The van der Waals surface area contributed by atoms with Crippen LogP contribution in [-0.4, -0.2) is 5.91 Å². The first-order valence-electron chi connectivity index (χ1n) is 7.01. The van der Waals surface area contributed by atoms with Gasteiger partial charge in [0.15, 0.2) is 0 Å². The van der Waals surface area contributed by atoms with Crippen LogP contribution in [0.4, 0.5) is 0 Å². The van der Waals surface area contributed by atoms with Crippen LogP contribution < -0.4 is 10.9 Å². The van der Waals surface area contributed by atoms with E-state index < -0.39 is 0 Å². The first kappa shape index (κ1) is 15.0. The van der Waals surface area contributed by atoms with Crippen LogP contribution in [0.25, 0.3) is 0 Å². The summed E-state index contributed by atoms with van der Waals surface area (Å²) < 4.78 is 0. The lowest BCUT2D eigenvalue weighted by molar-refractivity contribution is 0.0921. The third kappa shape index (κ3) is 4.04. The molecule has 0 aliphatic rings. The Hall–Kier alpha value is -2.39. The van der Waals surface area contributed by atoms with Crippen LogP contribution in [0.1, 0.15) is 28.9 Å². The van der Waals surface area contributed by atoms with Crippen LogP contribution in [-0.2, 0) is 0 Å². The van der Waals surface area contributed by atoms with Gasteiger partial charge in [-0.05, 0) is 23.6 Å². The first-order valence-corrected chi connectivity index (χ1v) is 7.01. The van der Waals surface area contributed by atoms with Crippen LogP contribution in [0.15, 0.2) is 73.3 Å². The van der Waals surface area contributed by atoms with Gasteiger partial charge in [-0.25, -0.2) is 5.43 Å². The second kappa shape index (κ2) is 7.41. The molecule has 0 aliphatic heterocycles. The van der Waals surface area contributed by atoms with Gasteiger partial charge in [0.2, 0.25) is 0 Å². The molecular formula is C18H20N2O. The monoisotopic (exact) mass is 280 g/mol. The van der Waals surface area contributed by atoms with Crippen molar-refractivity contribution < 1.29 is 4.79 Å². The van der Waals surface area contributed by atoms with E-state index in [1.165, 1.54) is 0 Å². The molecule has 0 aromatic heterocycles. The molecule has 2 N–H and O–H groups in total. The quantitative estimate of drug-likeness (QED) is 0.628. The molecule has 0 heterocycles. The molecule has 21 heavy (non-hydrogen) atoms. The van der Waals surface area contributed by atoms with Crippen molar-refractivity contribution in [2.45, 2.75) is 13.0 Å². The first-order chi connectivity index (χ1) is 10.2. The maximum absolute atomic E-state index is 12.1. The molecule has 0 bridgehead atoms. The van der Waals surface area contributed by atoms with Crippen molar-refractivity contribution in [2.75, 3.05) is 0 Å². The van der Waals surface area contributed by atoms with Gasteiger partial charge in [0.25, 0.3) is 5.91 Å². The Balaban J connectivity index is 2.06. The summed E-state index contributed by atoms with van der Waals surface area (Å²) in [6.07, 6.45) is 1.87. The minimum atomic E-state index is -0.146. The highest BCUT2D eigenvalue weighted by Crippen LogP contribution is 2.21. The Morgan fingerprint density at radius 1 is 1.05 bits per heavy atom. The Labute approximate surface area is 125 Å². The van der Waals surface area contributed by atoms with Gasteiger partial charge < -0.3 is 0 Å². The minimum Gasteiger partial charge on any atom is -0.287 e. The molecule has 3 nitrogen and oxygen atoms in total. The van der Waals surface area contributed by atoms with E-state index >= 15 is 0 Å². The summed E-state index contributed by atoms with van der Waals surface area (Å²) in [5.41, 5.74) is 7.63. The summed E-state index contributed by atoms with van der Waals surface area (Å²) in [5, 5.41) is 0. The van der Waals surface area contributed by atoms with Crippen molar-refractivity contribution in [3.63, 3.8) is 0 Å². The van der Waals surface area contributed by atoms with Crippen molar-refractivity contribution in [2.24, 2.45) is 5.92 Å². The number of hydrazine groups is 1. The van der Waals surface area contributed by atoms with Gasteiger partial charge in [-0.1, -0.05) is 61.5 Å². The van der Waals surface area contributed by atoms with Gasteiger partial charge in [-0.3, -0.25) is 10.2 Å². The zero-order valence-electron chi connectivity index (χ0n) is 12.1. The van der Waals surface area contributed by atoms with Crippen LogP contribution >= 0.6 is 0 Å². The van der Waals surface area contributed by atoms with Gasteiger partial charge in [0, 0.05) is 5.56 Å². The smallest absolute Gasteiger partial charge is 0.265 e. The van der Waals surface area contributed by atoms with Crippen LogP contribution in [0.3, 0.4) is 0 Å². The van der Waals surface area contributed by atoms with Gasteiger partial charge in [0.05, 0.1) is 6.04 Å². The zero-order valence-corrected chi connectivity index (χ0v) is 12.1. The summed E-state index contributed by atoms with van der Waals surface area (Å²) in [6, 6.07) is 19.1. The normalized spacial score (nSPS) is 13.2. The lowest BCUT2D eigenvalue weighted by Gasteiger charge is -2.23. The van der Waals surface area contributed by atoms with E-state index in [2.05, 4.69) is 24.4 Å². The molecular weight excluding hydrogens is 260 g/mol. The summed E-state index contributed by atoms with van der Waals surface area (Å²) in [5.74, 6) is 0.0382. The van der Waals surface area contributed by atoms with E-state index in [4.69, 9.17) is 0 Å². The predicted octanol–water partition coefficient (Wildman–Crippen LogP) is 3.48. The standard InChI is InChI=1S/C18H20N2O/c1-3-14(2)17(15-10-6-4-7-11-15)19-20-18(21)16-12-8-5-9-13-16/h3-14,17,19H,1H2,2H3,(H,20,21)/t14-,17+/m0/s1. The van der Waals surface area contributed by atoms with E-state index in [0.717, 1.165) is 5.56 Å². The number of rotatable bonds is 6. The van der Waals surface area contributed by atoms with E-state index in [1.807, 2.05) is 54.6 Å². The molecule has 2 atom stereocenters. The number of hydrogen-bond donors (Lipinski definition) is 2. The van der Waals surface area contributed by atoms with Crippen molar-refractivity contribution >= 4 is 5.91 Å². The largest absolute Gasteiger partial charge is 0.287 e. The van der Waals surface area contributed by atoms with E-state index in [0.29, 0.717) is 5.56 Å². The van der Waals surface area contributed by atoms with Crippen molar-refractivity contribution in [1.29, 1.82) is 0 Å². The maximum atomic E-state index is 12.1. The second-order valence-electron chi connectivity index (χ2n) is 4.95. The summed E-state index contributed by atoms with van der Waals surface area (Å²) >= 11 is 0. The Bertz CT molecular complexity index is 581. The van der Waals surface area contributed by atoms with E-state index in [-0.39, 0.29) is 17.9 Å². The Morgan fingerprint density at radius 3 is 2.19 bits per heavy atom. The molecule has 0 saturated heterocycles. The highest BCUT2D eigenvalue weighted by Gasteiger charge is 2.17. The lowest BCUT2D eigenvalue weighted by Crippen LogP contribution is -2.41. The molecule has 2 aromatic rings. The van der Waals surface area contributed by atoms with Gasteiger partial charge >= 0.3 is 0 Å². The molecule has 108 valence electrons. The topological polar surface area (TPSA) is 41.1 Å². The lowest BCUT2D eigenvalue weighted by atomic mass is 9.95. The fraction of sp³-hybridized carbons (Fsp3) is 0.167. The summed E-state index contributed by atoms with van der Waals surface area (Å²) in [4.78, 5) is 12.1. The molecule has 2 rings (SSSR count).